The molecule has 0 spiro atoms. The molecule has 0 fully saturated rings. The number of nitrogens with one attached hydrogen (secondary N) is 1. The van der Waals surface area contributed by atoms with E-state index in [0.29, 0.717) is 6.42 Å². The fourth-order valence-corrected chi connectivity index (χ4v) is 1.87. The molecule has 1 unspecified atom stereocenters. The van der Waals surface area contributed by atoms with E-state index in [-0.39, 0.29) is 18.1 Å². The van der Waals surface area contributed by atoms with Gasteiger partial charge in [-0.15, -0.1) is 25.6 Å². The summed E-state index contributed by atoms with van der Waals surface area (Å²) in [6, 6.07) is 4.35. The first kappa shape index (κ1) is 19.9. The van der Waals surface area contributed by atoms with Crippen LogP contribution in [0.1, 0.15) is 6.42 Å². The molecule has 1 amide bonds. The molecule has 0 heterocycles. The van der Waals surface area contributed by atoms with Crippen molar-refractivity contribution in [1.29, 1.82) is 0 Å². The average molecular weight is 345 g/mol. The third kappa shape index (κ3) is 8.03. The van der Waals surface area contributed by atoms with E-state index in [4.69, 9.17) is 5.73 Å². The van der Waals surface area contributed by atoms with Crippen LogP contribution in [0.5, 0.6) is 5.75 Å². The van der Waals surface area contributed by atoms with Gasteiger partial charge in [0.15, 0.2) is 0 Å². The molecule has 3 N–H and O–H groups in total. The molecule has 0 radical (unpaired) electrons. The molecule has 1 aromatic rings. The van der Waals surface area contributed by atoms with Gasteiger partial charge in [0.25, 0.3) is 0 Å². The number of ether oxygens (including phenoxy) is 1. The van der Waals surface area contributed by atoms with E-state index in [9.17, 15) is 18.0 Å². The van der Waals surface area contributed by atoms with E-state index in [0.717, 1.165) is 17.9 Å². The summed E-state index contributed by atoms with van der Waals surface area (Å²) in [6.45, 7) is 0. The molecule has 1 aromatic carbocycles. The van der Waals surface area contributed by atoms with Crippen LogP contribution in [0.2, 0.25) is 0 Å². The number of carbonyl (C=O) groups excluding carboxylic acids is 1. The maximum absolute atomic E-state index is 12.1. The molecular weight excluding hydrogens is 329 g/mol. The summed E-state index contributed by atoms with van der Waals surface area (Å²) in [5, 5.41) is 2.46. The first-order valence-electron chi connectivity index (χ1n) is 5.73. The number of benzene rings is 1. The Morgan fingerprint density at radius 2 is 2.14 bits per heavy atom. The van der Waals surface area contributed by atoms with Crippen LogP contribution in [-0.4, -0.2) is 30.3 Å². The minimum absolute atomic E-state index is 0. The van der Waals surface area contributed by atoms with Crippen LogP contribution < -0.4 is 15.8 Å². The van der Waals surface area contributed by atoms with Crippen LogP contribution in [0.4, 0.5) is 18.9 Å². The highest BCUT2D eigenvalue weighted by atomic mass is 35.5. The Balaban J connectivity index is 0.00000400. The molecule has 120 valence electrons. The third-order valence-corrected chi connectivity index (χ3v) is 2.95. The first-order valence-corrected chi connectivity index (χ1v) is 7.12. The van der Waals surface area contributed by atoms with Gasteiger partial charge in [-0.05, 0) is 30.6 Å². The molecule has 9 heteroatoms. The number of rotatable bonds is 6. The van der Waals surface area contributed by atoms with Crippen LogP contribution in [0.25, 0.3) is 0 Å². The van der Waals surface area contributed by atoms with Crippen molar-refractivity contribution in [3.63, 3.8) is 0 Å². The summed E-state index contributed by atoms with van der Waals surface area (Å²) in [4.78, 5) is 11.7. The van der Waals surface area contributed by atoms with Crippen LogP contribution in [0.3, 0.4) is 0 Å². The first-order chi connectivity index (χ1) is 9.31. The summed E-state index contributed by atoms with van der Waals surface area (Å²) in [6.07, 6.45) is -2.38. The Morgan fingerprint density at radius 1 is 1.48 bits per heavy atom. The number of carbonyl (C=O) groups is 1. The Morgan fingerprint density at radius 3 is 2.71 bits per heavy atom. The largest absolute Gasteiger partial charge is 0.573 e. The number of alkyl halides is 3. The van der Waals surface area contributed by atoms with Gasteiger partial charge in [0.1, 0.15) is 5.75 Å². The topological polar surface area (TPSA) is 64.4 Å². The van der Waals surface area contributed by atoms with Crippen LogP contribution in [0.15, 0.2) is 24.3 Å². The SMILES string of the molecule is CSCCC(N)C(=O)Nc1cccc(OC(F)(F)F)c1.Cl. The van der Waals surface area contributed by atoms with E-state index in [1.54, 1.807) is 11.8 Å². The maximum atomic E-state index is 12.1. The summed E-state index contributed by atoms with van der Waals surface area (Å²) in [5.41, 5.74) is 5.86. The lowest BCUT2D eigenvalue weighted by Crippen LogP contribution is -2.36. The molecule has 4 nitrogen and oxygen atoms in total. The number of thioether (sulfide) groups is 1. The average Bonchev–Trinajstić information content (AvgIpc) is 2.34. The van der Waals surface area contributed by atoms with Gasteiger partial charge in [0, 0.05) is 11.8 Å². The van der Waals surface area contributed by atoms with Crippen LogP contribution in [0, 0.1) is 0 Å². The quantitative estimate of drug-likeness (QED) is 0.832. The van der Waals surface area contributed by atoms with Crippen molar-refractivity contribution in [2.24, 2.45) is 5.73 Å². The van der Waals surface area contributed by atoms with Gasteiger partial charge in [0.05, 0.1) is 6.04 Å². The lowest BCUT2D eigenvalue weighted by molar-refractivity contribution is -0.274. The molecule has 0 aromatic heterocycles. The highest BCUT2D eigenvalue weighted by molar-refractivity contribution is 7.98. The van der Waals surface area contributed by atoms with Crippen molar-refractivity contribution in [2.45, 2.75) is 18.8 Å². The predicted molar refractivity (Wildman–Crippen MR) is 80.0 cm³/mol. The number of anilines is 1. The predicted octanol–water partition coefficient (Wildman–Crippen LogP) is 3.03. The number of halogens is 4. The Kier molecular flexibility index (Phi) is 8.53. The van der Waals surface area contributed by atoms with Gasteiger partial charge in [0.2, 0.25) is 5.91 Å². The van der Waals surface area contributed by atoms with E-state index < -0.39 is 24.1 Å². The smallest absolute Gasteiger partial charge is 0.406 e. The van der Waals surface area contributed by atoms with Crippen molar-refractivity contribution >= 4 is 35.8 Å². The minimum Gasteiger partial charge on any atom is -0.406 e. The zero-order chi connectivity index (χ0) is 15.2. The van der Waals surface area contributed by atoms with E-state index in [1.165, 1.54) is 12.1 Å². The van der Waals surface area contributed by atoms with E-state index in [1.807, 2.05) is 6.26 Å². The highest BCUT2D eigenvalue weighted by Gasteiger charge is 2.31. The molecule has 1 rings (SSSR count). The van der Waals surface area contributed by atoms with Crippen molar-refractivity contribution in [3.05, 3.63) is 24.3 Å². The Labute approximate surface area is 131 Å². The maximum Gasteiger partial charge on any atom is 0.573 e. The minimum atomic E-state index is -4.77. The number of hydrogen-bond donors (Lipinski definition) is 2. The Bertz CT molecular complexity index is 460. The molecule has 0 aliphatic heterocycles. The fraction of sp³-hybridized carbons (Fsp3) is 0.417. The van der Waals surface area contributed by atoms with Gasteiger partial charge in [-0.25, -0.2) is 0 Å². The van der Waals surface area contributed by atoms with Crippen LogP contribution >= 0.6 is 24.2 Å². The standard InChI is InChI=1S/C12H15F3N2O2S.ClH/c1-20-6-5-10(16)11(18)17-8-3-2-4-9(7-8)19-12(13,14)15;/h2-4,7,10H,5-6,16H2,1H3,(H,17,18);1H. The lowest BCUT2D eigenvalue weighted by atomic mass is 10.2. The van der Waals surface area contributed by atoms with Gasteiger partial charge in [-0.2, -0.15) is 11.8 Å². The lowest BCUT2D eigenvalue weighted by Gasteiger charge is -2.13. The molecule has 0 aliphatic carbocycles. The van der Waals surface area contributed by atoms with Crippen molar-refractivity contribution in [1.82, 2.24) is 0 Å². The third-order valence-electron chi connectivity index (χ3n) is 2.30. The second kappa shape index (κ2) is 9.01. The van der Waals surface area contributed by atoms with E-state index >= 15 is 0 Å². The van der Waals surface area contributed by atoms with Gasteiger partial charge >= 0.3 is 6.36 Å². The van der Waals surface area contributed by atoms with Crippen molar-refractivity contribution in [2.75, 3.05) is 17.3 Å². The summed E-state index contributed by atoms with van der Waals surface area (Å²) in [7, 11) is 0. The molecule has 0 bridgehead atoms. The van der Waals surface area contributed by atoms with Gasteiger partial charge in [-0.3, -0.25) is 4.79 Å². The summed E-state index contributed by atoms with van der Waals surface area (Å²) in [5.74, 6) is -0.109. The molecule has 0 saturated heterocycles. The van der Waals surface area contributed by atoms with Crippen molar-refractivity contribution < 1.29 is 22.7 Å². The van der Waals surface area contributed by atoms with Gasteiger partial charge in [-0.1, -0.05) is 6.07 Å². The Hall–Kier alpha value is -1.12. The fourth-order valence-electron chi connectivity index (χ4n) is 1.38. The van der Waals surface area contributed by atoms with Gasteiger partial charge < -0.3 is 15.8 Å². The monoisotopic (exact) mass is 344 g/mol. The van der Waals surface area contributed by atoms with Crippen LogP contribution in [-0.2, 0) is 4.79 Å². The summed E-state index contributed by atoms with van der Waals surface area (Å²) < 4.78 is 40.0. The molecule has 21 heavy (non-hydrogen) atoms. The van der Waals surface area contributed by atoms with E-state index in [2.05, 4.69) is 10.1 Å². The molecule has 1 atom stereocenters. The second-order valence-electron chi connectivity index (χ2n) is 3.95. The number of amides is 1. The van der Waals surface area contributed by atoms with Crippen molar-refractivity contribution in [3.8, 4) is 5.75 Å². The molecular formula is C12H16ClF3N2O2S. The summed E-state index contributed by atoms with van der Waals surface area (Å²) >= 11 is 1.56. The normalized spacial score (nSPS) is 12.2. The number of nitrogens with two attached hydrogens (primary N) is 1. The molecule has 0 saturated carbocycles. The number of hydrogen-bond acceptors (Lipinski definition) is 4. The molecule has 0 aliphatic rings. The highest BCUT2D eigenvalue weighted by Crippen LogP contribution is 2.25. The zero-order valence-electron chi connectivity index (χ0n) is 11.1. The second-order valence-corrected chi connectivity index (χ2v) is 4.94. The zero-order valence-corrected chi connectivity index (χ0v) is 12.8.